The summed E-state index contributed by atoms with van der Waals surface area (Å²) in [4.78, 5) is 13.4. The van der Waals surface area contributed by atoms with E-state index < -0.39 is 0 Å². The van der Waals surface area contributed by atoms with E-state index in [4.69, 9.17) is 5.73 Å². The second-order valence-corrected chi connectivity index (χ2v) is 5.98. The minimum atomic E-state index is -0.210. The minimum absolute atomic E-state index is 0.188. The molecule has 1 heterocycles. The molecule has 1 amide bonds. The maximum atomic E-state index is 13.1. The Kier molecular flexibility index (Phi) is 5.74. The van der Waals surface area contributed by atoms with Crippen LogP contribution in [0.15, 0.2) is 24.3 Å². The van der Waals surface area contributed by atoms with Crippen LogP contribution in [0.5, 0.6) is 0 Å². The molecule has 1 aromatic carbocycles. The normalized spacial score (nSPS) is 21.1. The van der Waals surface area contributed by atoms with Gasteiger partial charge in [0.15, 0.2) is 0 Å². The first-order valence-corrected chi connectivity index (χ1v) is 7.88. The van der Waals surface area contributed by atoms with Crippen molar-refractivity contribution in [2.75, 3.05) is 13.1 Å². The summed E-state index contributed by atoms with van der Waals surface area (Å²) < 4.78 is 13.1. The molecule has 1 aromatic rings. The summed E-state index contributed by atoms with van der Waals surface area (Å²) in [5, 5.41) is 0. The lowest BCUT2D eigenvalue weighted by Crippen LogP contribution is -2.38. The number of benzene rings is 1. The molecule has 116 valence electrons. The summed E-state index contributed by atoms with van der Waals surface area (Å²) in [5.41, 5.74) is 6.42. The van der Waals surface area contributed by atoms with E-state index in [2.05, 4.69) is 11.8 Å². The third-order valence-corrected chi connectivity index (χ3v) is 4.43. The van der Waals surface area contributed by atoms with Gasteiger partial charge >= 0.3 is 0 Å². The van der Waals surface area contributed by atoms with Crippen molar-refractivity contribution in [1.82, 2.24) is 4.90 Å². The van der Waals surface area contributed by atoms with Gasteiger partial charge in [0.25, 0.3) is 0 Å². The van der Waals surface area contributed by atoms with Crippen LogP contribution >= 0.6 is 0 Å². The van der Waals surface area contributed by atoms with E-state index in [9.17, 15) is 9.18 Å². The molecule has 0 radical (unpaired) electrons. The van der Waals surface area contributed by atoms with Crippen LogP contribution in [0, 0.1) is 11.7 Å². The monoisotopic (exact) mass is 292 g/mol. The van der Waals surface area contributed by atoms with Gasteiger partial charge in [-0.15, -0.1) is 0 Å². The first-order valence-electron chi connectivity index (χ1n) is 7.88. The van der Waals surface area contributed by atoms with Crippen LogP contribution in [0.4, 0.5) is 4.39 Å². The number of hydrogen-bond acceptors (Lipinski definition) is 2. The lowest BCUT2D eigenvalue weighted by molar-refractivity contribution is -0.118. The number of likely N-dealkylation sites (tertiary alicyclic amines) is 1. The molecule has 0 unspecified atom stereocenters. The van der Waals surface area contributed by atoms with Gasteiger partial charge in [-0.05, 0) is 55.8 Å². The van der Waals surface area contributed by atoms with Crippen LogP contribution in [0.1, 0.15) is 50.6 Å². The predicted molar refractivity (Wildman–Crippen MR) is 82.2 cm³/mol. The fraction of sp³-hybridized carbons (Fsp3) is 0.588. The van der Waals surface area contributed by atoms with E-state index in [1.165, 1.54) is 24.1 Å². The van der Waals surface area contributed by atoms with Gasteiger partial charge in [0, 0.05) is 19.0 Å². The highest BCUT2D eigenvalue weighted by molar-refractivity contribution is 5.73. The predicted octanol–water partition coefficient (Wildman–Crippen LogP) is 3.25. The number of carbonyl (C=O) groups is 1. The van der Waals surface area contributed by atoms with Crippen molar-refractivity contribution in [2.45, 2.75) is 45.1 Å². The molecular weight excluding hydrogens is 267 g/mol. The van der Waals surface area contributed by atoms with Crippen LogP contribution in [0.25, 0.3) is 0 Å². The van der Waals surface area contributed by atoms with Gasteiger partial charge in [-0.25, -0.2) is 4.39 Å². The van der Waals surface area contributed by atoms with E-state index in [1.807, 2.05) is 12.1 Å². The summed E-state index contributed by atoms with van der Waals surface area (Å²) >= 11 is 0. The van der Waals surface area contributed by atoms with Crippen LogP contribution in [0.3, 0.4) is 0 Å². The largest absolute Gasteiger partial charge is 0.370 e. The minimum Gasteiger partial charge on any atom is -0.370 e. The molecule has 21 heavy (non-hydrogen) atoms. The van der Waals surface area contributed by atoms with Gasteiger partial charge in [-0.3, -0.25) is 9.69 Å². The molecule has 1 saturated heterocycles. The Labute approximate surface area is 126 Å². The van der Waals surface area contributed by atoms with Crippen molar-refractivity contribution in [3.63, 3.8) is 0 Å². The highest BCUT2D eigenvalue weighted by Crippen LogP contribution is 2.30. The molecule has 2 rings (SSSR count). The highest BCUT2D eigenvalue weighted by atomic mass is 19.1. The van der Waals surface area contributed by atoms with Crippen LogP contribution in [0.2, 0.25) is 0 Å². The van der Waals surface area contributed by atoms with Crippen LogP contribution in [-0.2, 0) is 4.79 Å². The second kappa shape index (κ2) is 7.55. The first kappa shape index (κ1) is 16.0. The number of piperidine rings is 1. The zero-order valence-electron chi connectivity index (χ0n) is 12.7. The van der Waals surface area contributed by atoms with Gasteiger partial charge in [-0.1, -0.05) is 19.1 Å². The molecule has 0 saturated carbocycles. The molecule has 2 atom stereocenters. The Morgan fingerprint density at radius 2 is 2.14 bits per heavy atom. The number of halogens is 1. The standard InChI is InChI=1S/C17H25FN2O/c1-2-16(14-6-8-15(18)9-7-14)20-11-3-4-13(12-20)5-10-17(19)21/h6-9,13,16H,2-5,10-12H2,1H3,(H2,19,21)/t13-,16-/m0/s1. The van der Waals surface area contributed by atoms with Gasteiger partial charge in [0.1, 0.15) is 5.82 Å². The van der Waals surface area contributed by atoms with E-state index >= 15 is 0 Å². The number of amides is 1. The number of hydrogen-bond donors (Lipinski definition) is 1. The Balaban J connectivity index is 2.00. The Hall–Kier alpha value is -1.42. The number of nitrogens with zero attached hydrogens (tertiary/aromatic N) is 1. The maximum absolute atomic E-state index is 13.1. The first-order chi connectivity index (χ1) is 10.1. The summed E-state index contributed by atoms with van der Waals surface area (Å²) in [6, 6.07) is 7.17. The molecule has 0 aromatic heterocycles. The molecule has 0 spiro atoms. The average molecular weight is 292 g/mol. The second-order valence-electron chi connectivity index (χ2n) is 5.98. The number of rotatable bonds is 6. The zero-order chi connectivity index (χ0) is 15.2. The highest BCUT2D eigenvalue weighted by Gasteiger charge is 2.26. The zero-order valence-corrected chi connectivity index (χ0v) is 12.7. The number of nitrogens with two attached hydrogens (primary N) is 1. The fourth-order valence-corrected chi connectivity index (χ4v) is 3.35. The number of carbonyl (C=O) groups excluding carboxylic acids is 1. The lowest BCUT2D eigenvalue weighted by atomic mass is 9.90. The molecule has 0 bridgehead atoms. The number of primary amides is 1. The van der Waals surface area contributed by atoms with E-state index in [0.717, 1.165) is 32.4 Å². The average Bonchev–Trinajstić information content (AvgIpc) is 2.48. The summed E-state index contributed by atoms with van der Waals surface area (Å²) in [6.45, 7) is 4.24. The van der Waals surface area contributed by atoms with Crippen molar-refractivity contribution < 1.29 is 9.18 Å². The molecular formula is C17H25FN2O. The van der Waals surface area contributed by atoms with Crippen LogP contribution < -0.4 is 5.73 Å². The summed E-state index contributed by atoms with van der Waals surface area (Å²) in [5.74, 6) is 0.144. The molecule has 1 aliphatic rings. The molecule has 0 aliphatic carbocycles. The van der Waals surface area contributed by atoms with E-state index in [0.29, 0.717) is 18.4 Å². The third-order valence-electron chi connectivity index (χ3n) is 4.43. The van der Waals surface area contributed by atoms with Crippen molar-refractivity contribution in [1.29, 1.82) is 0 Å². The Morgan fingerprint density at radius 3 is 2.76 bits per heavy atom. The molecule has 1 fully saturated rings. The lowest BCUT2D eigenvalue weighted by Gasteiger charge is -2.38. The van der Waals surface area contributed by atoms with E-state index in [1.54, 1.807) is 0 Å². The van der Waals surface area contributed by atoms with Crippen molar-refractivity contribution in [3.8, 4) is 0 Å². The third kappa shape index (κ3) is 4.53. The van der Waals surface area contributed by atoms with Crippen LogP contribution in [-0.4, -0.2) is 23.9 Å². The molecule has 1 aliphatic heterocycles. The quantitative estimate of drug-likeness (QED) is 0.875. The van der Waals surface area contributed by atoms with Gasteiger partial charge < -0.3 is 5.73 Å². The Bertz CT molecular complexity index is 460. The topological polar surface area (TPSA) is 46.3 Å². The van der Waals surface area contributed by atoms with Crippen molar-refractivity contribution in [3.05, 3.63) is 35.6 Å². The smallest absolute Gasteiger partial charge is 0.217 e. The molecule has 2 N–H and O–H groups in total. The van der Waals surface area contributed by atoms with Crippen molar-refractivity contribution in [2.24, 2.45) is 11.7 Å². The van der Waals surface area contributed by atoms with Gasteiger partial charge in [0.2, 0.25) is 5.91 Å². The summed E-state index contributed by atoms with van der Waals surface area (Å²) in [6.07, 6.45) is 4.69. The summed E-state index contributed by atoms with van der Waals surface area (Å²) in [7, 11) is 0. The molecule has 3 nitrogen and oxygen atoms in total. The van der Waals surface area contributed by atoms with Crippen molar-refractivity contribution >= 4 is 5.91 Å². The van der Waals surface area contributed by atoms with Gasteiger partial charge in [0.05, 0.1) is 0 Å². The Morgan fingerprint density at radius 1 is 1.43 bits per heavy atom. The fourth-order valence-electron chi connectivity index (χ4n) is 3.35. The van der Waals surface area contributed by atoms with Gasteiger partial charge in [-0.2, -0.15) is 0 Å². The molecule has 4 heteroatoms. The van der Waals surface area contributed by atoms with E-state index in [-0.39, 0.29) is 11.7 Å². The maximum Gasteiger partial charge on any atom is 0.217 e. The SMILES string of the molecule is CC[C@@H](c1ccc(F)cc1)N1CCC[C@@H](CCC(N)=O)C1.